The number of fused-ring (bicyclic) bond motifs is 1. The molecule has 0 amide bonds. The summed E-state index contributed by atoms with van der Waals surface area (Å²) in [5, 5.41) is 9.15. The van der Waals surface area contributed by atoms with Crippen LogP contribution in [0.2, 0.25) is 0 Å². The minimum atomic E-state index is -0.149. The van der Waals surface area contributed by atoms with Gasteiger partial charge in [-0.25, -0.2) is 4.98 Å². The van der Waals surface area contributed by atoms with Gasteiger partial charge >= 0.3 is 0 Å². The van der Waals surface area contributed by atoms with Crippen LogP contribution in [-0.4, -0.2) is 21.3 Å². The van der Waals surface area contributed by atoms with E-state index in [0.29, 0.717) is 6.42 Å². The van der Waals surface area contributed by atoms with Crippen molar-refractivity contribution in [3.05, 3.63) is 24.0 Å². The van der Waals surface area contributed by atoms with Gasteiger partial charge in [0.25, 0.3) is 0 Å². The molecule has 2 aromatic rings. The van der Waals surface area contributed by atoms with Gasteiger partial charge in [-0.2, -0.15) is 0 Å². The first-order chi connectivity index (χ1) is 7.95. The molecule has 2 rings (SSSR count). The number of nitrogens with two attached hydrogens (primary N) is 1. The van der Waals surface area contributed by atoms with Gasteiger partial charge < -0.3 is 15.4 Å². The molecule has 0 saturated heterocycles. The van der Waals surface area contributed by atoms with Crippen LogP contribution in [0.15, 0.2) is 18.2 Å². The Labute approximate surface area is 101 Å². The summed E-state index contributed by atoms with van der Waals surface area (Å²) in [5.41, 5.74) is 8.31. The van der Waals surface area contributed by atoms with Crippen molar-refractivity contribution in [2.75, 3.05) is 12.3 Å². The molecule has 1 aromatic heterocycles. The lowest BCUT2D eigenvalue weighted by atomic mass is 10.0. The standard InChI is InChI=1S/C13H19N3O/c1-9-15-11-8-10(14)4-5-12(11)16(9)13(2,3)6-7-17/h4-5,8,17H,6-7,14H2,1-3H3. The number of aryl methyl sites for hydroxylation is 1. The maximum atomic E-state index is 9.15. The number of aliphatic hydroxyl groups excluding tert-OH is 1. The minimum absolute atomic E-state index is 0.149. The summed E-state index contributed by atoms with van der Waals surface area (Å²) in [6.45, 7) is 6.36. The maximum Gasteiger partial charge on any atom is 0.107 e. The van der Waals surface area contributed by atoms with E-state index in [2.05, 4.69) is 23.4 Å². The van der Waals surface area contributed by atoms with Gasteiger partial charge in [-0.05, 0) is 45.4 Å². The molecule has 4 nitrogen and oxygen atoms in total. The summed E-state index contributed by atoms with van der Waals surface area (Å²) in [6.07, 6.45) is 0.698. The molecule has 0 fully saturated rings. The first kappa shape index (κ1) is 11.9. The molecular formula is C13H19N3O. The summed E-state index contributed by atoms with van der Waals surface area (Å²) in [6, 6.07) is 5.76. The summed E-state index contributed by atoms with van der Waals surface area (Å²) in [4.78, 5) is 4.52. The highest BCUT2D eigenvalue weighted by atomic mass is 16.3. The van der Waals surface area contributed by atoms with Gasteiger partial charge in [0.05, 0.1) is 11.0 Å². The highest BCUT2D eigenvalue weighted by molar-refractivity contribution is 5.80. The molecule has 0 bridgehead atoms. The zero-order valence-corrected chi connectivity index (χ0v) is 10.6. The highest BCUT2D eigenvalue weighted by Crippen LogP contribution is 2.28. The van der Waals surface area contributed by atoms with E-state index in [-0.39, 0.29) is 12.1 Å². The van der Waals surface area contributed by atoms with Crippen LogP contribution >= 0.6 is 0 Å². The molecule has 0 aliphatic carbocycles. The molecular weight excluding hydrogens is 214 g/mol. The van der Waals surface area contributed by atoms with E-state index in [9.17, 15) is 0 Å². The molecule has 17 heavy (non-hydrogen) atoms. The number of benzene rings is 1. The van der Waals surface area contributed by atoms with Crippen LogP contribution in [0.5, 0.6) is 0 Å². The van der Waals surface area contributed by atoms with Gasteiger partial charge in [0, 0.05) is 17.8 Å². The fourth-order valence-corrected chi connectivity index (χ4v) is 2.37. The van der Waals surface area contributed by atoms with Gasteiger partial charge in [-0.1, -0.05) is 0 Å². The Morgan fingerprint density at radius 3 is 2.76 bits per heavy atom. The molecule has 1 heterocycles. The molecule has 4 heteroatoms. The van der Waals surface area contributed by atoms with Crippen molar-refractivity contribution < 1.29 is 5.11 Å². The van der Waals surface area contributed by atoms with Crippen molar-refractivity contribution >= 4 is 16.7 Å². The SMILES string of the molecule is Cc1nc2cc(N)ccc2n1C(C)(C)CCO. The fourth-order valence-electron chi connectivity index (χ4n) is 2.37. The Morgan fingerprint density at radius 1 is 1.41 bits per heavy atom. The molecule has 3 N–H and O–H groups in total. The van der Waals surface area contributed by atoms with Crippen molar-refractivity contribution in [2.24, 2.45) is 0 Å². The normalized spacial score (nSPS) is 12.2. The number of rotatable bonds is 3. The number of aliphatic hydroxyl groups is 1. The average Bonchev–Trinajstić information content (AvgIpc) is 2.53. The number of hydrogen-bond donors (Lipinski definition) is 2. The molecule has 0 radical (unpaired) electrons. The molecule has 0 atom stereocenters. The van der Waals surface area contributed by atoms with Crippen LogP contribution in [0.25, 0.3) is 11.0 Å². The van der Waals surface area contributed by atoms with E-state index < -0.39 is 0 Å². The Bertz CT molecular complexity index is 543. The van der Waals surface area contributed by atoms with Gasteiger partial charge in [0.2, 0.25) is 0 Å². The molecule has 0 aliphatic heterocycles. The predicted molar refractivity (Wildman–Crippen MR) is 69.9 cm³/mol. The summed E-state index contributed by atoms with van der Waals surface area (Å²) in [5.74, 6) is 0.948. The van der Waals surface area contributed by atoms with E-state index in [0.717, 1.165) is 22.5 Å². The number of imidazole rings is 1. The molecule has 0 unspecified atom stereocenters. The largest absolute Gasteiger partial charge is 0.399 e. The Morgan fingerprint density at radius 2 is 2.12 bits per heavy atom. The van der Waals surface area contributed by atoms with E-state index >= 15 is 0 Å². The zero-order chi connectivity index (χ0) is 12.6. The van der Waals surface area contributed by atoms with E-state index in [4.69, 9.17) is 10.8 Å². The molecule has 92 valence electrons. The topological polar surface area (TPSA) is 64.1 Å². The lowest BCUT2D eigenvalue weighted by molar-refractivity contribution is 0.214. The predicted octanol–water partition coefficient (Wildman–Crippen LogP) is 2.04. The Balaban J connectivity index is 2.64. The van der Waals surface area contributed by atoms with Crippen molar-refractivity contribution in [3.8, 4) is 0 Å². The lowest BCUT2D eigenvalue weighted by Crippen LogP contribution is -2.28. The number of aromatic nitrogens is 2. The first-order valence-electron chi connectivity index (χ1n) is 5.81. The van der Waals surface area contributed by atoms with Crippen LogP contribution in [-0.2, 0) is 5.54 Å². The van der Waals surface area contributed by atoms with Gasteiger partial charge in [0.15, 0.2) is 0 Å². The monoisotopic (exact) mass is 233 g/mol. The smallest absolute Gasteiger partial charge is 0.107 e. The summed E-state index contributed by atoms with van der Waals surface area (Å²) < 4.78 is 2.16. The van der Waals surface area contributed by atoms with Crippen LogP contribution in [0, 0.1) is 6.92 Å². The van der Waals surface area contributed by atoms with Crippen molar-refractivity contribution in [2.45, 2.75) is 32.7 Å². The van der Waals surface area contributed by atoms with Crippen molar-refractivity contribution in [3.63, 3.8) is 0 Å². The number of nitrogens with zero attached hydrogens (tertiary/aromatic N) is 2. The van der Waals surface area contributed by atoms with Gasteiger partial charge in [-0.3, -0.25) is 0 Å². The fraction of sp³-hybridized carbons (Fsp3) is 0.462. The molecule has 1 aromatic carbocycles. The molecule has 0 aliphatic rings. The van der Waals surface area contributed by atoms with E-state index in [1.807, 2.05) is 25.1 Å². The lowest BCUT2D eigenvalue weighted by Gasteiger charge is -2.28. The van der Waals surface area contributed by atoms with Crippen molar-refractivity contribution in [1.82, 2.24) is 9.55 Å². The van der Waals surface area contributed by atoms with Crippen LogP contribution in [0.4, 0.5) is 5.69 Å². The van der Waals surface area contributed by atoms with Gasteiger partial charge in [-0.15, -0.1) is 0 Å². The van der Waals surface area contributed by atoms with Crippen LogP contribution < -0.4 is 5.73 Å². The second-order valence-corrected chi connectivity index (χ2v) is 5.03. The second-order valence-electron chi connectivity index (χ2n) is 5.03. The maximum absolute atomic E-state index is 9.15. The highest BCUT2D eigenvalue weighted by Gasteiger charge is 2.23. The van der Waals surface area contributed by atoms with Gasteiger partial charge in [0.1, 0.15) is 5.82 Å². The molecule has 0 saturated carbocycles. The third-order valence-corrected chi connectivity index (χ3v) is 3.18. The quantitative estimate of drug-likeness (QED) is 0.797. The third-order valence-electron chi connectivity index (χ3n) is 3.18. The van der Waals surface area contributed by atoms with E-state index in [1.54, 1.807) is 0 Å². The molecule has 0 spiro atoms. The number of nitrogen functional groups attached to an aromatic ring is 1. The Kier molecular flexibility index (Phi) is 2.83. The average molecular weight is 233 g/mol. The Hall–Kier alpha value is -1.55. The second kappa shape index (κ2) is 4.04. The van der Waals surface area contributed by atoms with Crippen LogP contribution in [0.1, 0.15) is 26.1 Å². The van der Waals surface area contributed by atoms with Crippen molar-refractivity contribution in [1.29, 1.82) is 0 Å². The minimum Gasteiger partial charge on any atom is -0.399 e. The summed E-state index contributed by atoms with van der Waals surface area (Å²) in [7, 11) is 0. The number of anilines is 1. The van der Waals surface area contributed by atoms with Crippen LogP contribution in [0.3, 0.4) is 0 Å². The summed E-state index contributed by atoms with van der Waals surface area (Å²) >= 11 is 0. The first-order valence-corrected chi connectivity index (χ1v) is 5.81. The van der Waals surface area contributed by atoms with E-state index in [1.165, 1.54) is 0 Å². The third kappa shape index (κ3) is 2.00. The number of hydrogen-bond acceptors (Lipinski definition) is 3. The zero-order valence-electron chi connectivity index (χ0n) is 10.6.